The minimum atomic E-state index is 0.611. The SMILES string of the molecule is COc1cccc(SN(O)c2cnc3[nH]c4ccccc4c3c2)c1. The van der Waals surface area contributed by atoms with Crippen molar-refractivity contribution in [2.45, 2.75) is 4.90 Å². The second-order valence-corrected chi connectivity index (χ2v) is 6.30. The van der Waals surface area contributed by atoms with E-state index in [-0.39, 0.29) is 0 Å². The summed E-state index contributed by atoms with van der Waals surface area (Å²) >= 11 is 1.20. The summed E-state index contributed by atoms with van der Waals surface area (Å²) in [6, 6.07) is 17.5. The fourth-order valence-corrected chi connectivity index (χ4v) is 3.34. The van der Waals surface area contributed by atoms with Gasteiger partial charge in [-0.25, -0.2) is 4.98 Å². The lowest BCUT2D eigenvalue weighted by atomic mass is 10.2. The Balaban J connectivity index is 1.68. The number of hydrogen-bond donors (Lipinski definition) is 2. The molecular formula is C18H15N3O2S. The van der Waals surface area contributed by atoms with E-state index in [0.29, 0.717) is 5.69 Å². The molecule has 0 amide bonds. The van der Waals surface area contributed by atoms with E-state index in [1.54, 1.807) is 13.3 Å². The summed E-state index contributed by atoms with van der Waals surface area (Å²) in [7, 11) is 1.62. The predicted octanol–water partition coefficient (Wildman–Crippen LogP) is 4.63. The van der Waals surface area contributed by atoms with Crippen LogP contribution in [-0.2, 0) is 0 Å². The van der Waals surface area contributed by atoms with Crippen molar-refractivity contribution in [1.82, 2.24) is 9.97 Å². The van der Waals surface area contributed by atoms with E-state index < -0.39 is 0 Å². The highest BCUT2D eigenvalue weighted by atomic mass is 32.2. The quantitative estimate of drug-likeness (QED) is 0.420. The van der Waals surface area contributed by atoms with Gasteiger partial charge in [-0.15, -0.1) is 0 Å². The van der Waals surface area contributed by atoms with Crippen molar-refractivity contribution in [3.05, 3.63) is 60.8 Å². The molecule has 0 unspecified atom stereocenters. The Bertz CT molecular complexity index is 1020. The maximum Gasteiger partial charge on any atom is 0.138 e. The number of anilines is 1. The molecule has 0 atom stereocenters. The Kier molecular flexibility index (Phi) is 3.76. The Labute approximate surface area is 143 Å². The third kappa shape index (κ3) is 2.66. The number of pyridine rings is 1. The highest BCUT2D eigenvalue weighted by Gasteiger charge is 2.11. The molecule has 24 heavy (non-hydrogen) atoms. The van der Waals surface area contributed by atoms with Crippen molar-refractivity contribution in [1.29, 1.82) is 0 Å². The number of aromatic amines is 1. The van der Waals surface area contributed by atoms with Crippen molar-refractivity contribution in [3.63, 3.8) is 0 Å². The summed E-state index contributed by atoms with van der Waals surface area (Å²) < 4.78 is 6.32. The van der Waals surface area contributed by atoms with Gasteiger partial charge in [-0.3, -0.25) is 5.21 Å². The van der Waals surface area contributed by atoms with Crippen LogP contribution in [0.25, 0.3) is 21.9 Å². The molecule has 120 valence electrons. The van der Waals surface area contributed by atoms with Crippen LogP contribution in [0.15, 0.2) is 65.7 Å². The molecule has 4 rings (SSSR count). The Morgan fingerprint density at radius 3 is 2.83 bits per heavy atom. The number of para-hydroxylation sites is 1. The molecule has 0 saturated carbocycles. The number of fused-ring (bicyclic) bond motifs is 3. The highest BCUT2D eigenvalue weighted by molar-refractivity contribution is 8.00. The number of nitrogens with one attached hydrogen (secondary N) is 1. The third-order valence-corrected chi connectivity index (χ3v) is 4.65. The summed E-state index contributed by atoms with van der Waals surface area (Å²) in [5.74, 6) is 0.749. The first-order valence-electron chi connectivity index (χ1n) is 7.42. The van der Waals surface area contributed by atoms with Crippen molar-refractivity contribution in [2.75, 3.05) is 11.6 Å². The van der Waals surface area contributed by atoms with Crippen molar-refractivity contribution in [2.24, 2.45) is 0 Å². The molecule has 6 heteroatoms. The first-order valence-corrected chi connectivity index (χ1v) is 8.19. The molecule has 2 aromatic carbocycles. The number of benzene rings is 2. The Hall–Kier alpha value is -2.70. The molecular weight excluding hydrogens is 322 g/mol. The zero-order valence-electron chi connectivity index (χ0n) is 12.9. The van der Waals surface area contributed by atoms with Crippen molar-refractivity contribution in [3.8, 4) is 5.75 Å². The average Bonchev–Trinajstić information content (AvgIpc) is 2.99. The average molecular weight is 337 g/mol. The van der Waals surface area contributed by atoms with Gasteiger partial charge in [-0.05, 0) is 30.3 Å². The smallest absolute Gasteiger partial charge is 0.138 e. The Morgan fingerprint density at radius 1 is 1.08 bits per heavy atom. The number of rotatable bonds is 4. The van der Waals surface area contributed by atoms with Gasteiger partial charge < -0.3 is 9.72 Å². The number of H-pyrrole nitrogens is 1. The minimum Gasteiger partial charge on any atom is -0.497 e. The lowest BCUT2D eigenvalue weighted by Gasteiger charge is -2.15. The van der Waals surface area contributed by atoms with Crippen molar-refractivity contribution >= 4 is 39.6 Å². The molecule has 0 aliphatic carbocycles. The second kappa shape index (κ2) is 6.07. The fourth-order valence-electron chi connectivity index (χ4n) is 2.63. The normalized spacial score (nSPS) is 11.1. The molecule has 0 fully saturated rings. The van der Waals surface area contributed by atoms with Crippen LogP contribution < -0.4 is 9.21 Å². The molecule has 0 radical (unpaired) electrons. The van der Waals surface area contributed by atoms with Gasteiger partial charge in [0, 0.05) is 33.1 Å². The second-order valence-electron chi connectivity index (χ2n) is 5.30. The van der Waals surface area contributed by atoms with Crippen LogP contribution in [0.5, 0.6) is 5.75 Å². The summed E-state index contributed by atoms with van der Waals surface area (Å²) in [5.41, 5.74) is 2.45. The van der Waals surface area contributed by atoms with Gasteiger partial charge in [0.15, 0.2) is 0 Å². The van der Waals surface area contributed by atoms with Crippen LogP contribution in [-0.4, -0.2) is 22.3 Å². The largest absolute Gasteiger partial charge is 0.497 e. The molecule has 2 N–H and O–H groups in total. The van der Waals surface area contributed by atoms with E-state index in [1.807, 2.05) is 54.6 Å². The monoisotopic (exact) mass is 337 g/mol. The molecule has 2 heterocycles. The van der Waals surface area contributed by atoms with Crippen molar-refractivity contribution < 1.29 is 9.94 Å². The van der Waals surface area contributed by atoms with E-state index in [2.05, 4.69) is 9.97 Å². The highest BCUT2D eigenvalue weighted by Crippen LogP contribution is 2.32. The molecule has 5 nitrogen and oxygen atoms in total. The van der Waals surface area contributed by atoms with Gasteiger partial charge in [-0.2, -0.15) is 4.47 Å². The summed E-state index contributed by atoms with van der Waals surface area (Å²) in [4.78, 5) is 8.57. The molecule has 2 aromatic heterocycles. The molecule has 0 aliphatic rings. The molecule has 0 aliphatic heterocycles. The van der Waals surface area contributed by atoms with Gasteiger partial charge in [0.1, 0.15) is 11.4 Å². The summed E-state index contributed by atoms with van der Waals surface area (Å²) in [6.07, 6.45) is 1.64. The molecule has 0 bridgehead atoms. The van der Waals surface area contributed by atoms with E-state index >= 15 is 0 Å². The first-order chi connectivity index (χ1) is 11.7. The first kappa shape index (κ1) is 14.9. The zero-order chi connectivity index (χ0) is 16.5. The van der Waals surface area contributed by atoms with Crippen LogP contribution >= 0.6 is 11.9 Å². The van der Waals surface area contributed by atoms with Gasteiger partial charge >= 0.3 is 0 Å². The van der Waals surface area contributed by atoms with Gasteiger partial charge in [0.25, 0.3) is 0 Å². The maximum absolute atomic E-state index is 10.4. The van der Waals surface area contributed by atoms with E-state index in [9.17, 15) is 5.21 Å². The van der Waals surface area contributed by atoms with Crippen LogP contribution in [0, 0.1) is 0 Å². The predicted molar refractivity (Wildman–Crippen MR) is 96.7 cm³/mol. The number of hydrogen-bond acceptors (Lipinski definition) is 5. The van der Waals surface area contributed by atoms with Crippen LogP contribution in [0.2, 0.25) is 0 Å². The molecule has 4 aromatic rings. The summed E-state index contributed by atoms with van der Waals surface area (Å²) in [5, 5.41) is 12.5. The van der Waals surface area contributed by atoms with E-state index in [1.165, 1.54) is 11.9 Å². The zero-order valence-corrected chi connectivity index (χ0v) is 13.7. The number of nitrogens with zero attached hydrogens (tertiary/aromatic N) is 2. The number of methoxy groups -OCH3 is 1. The lowest BCUT2D eigenvalue weighted by molar-refractivity contribution is 0.332. The van der Waals surface area contributed by atoms with Crippen LogP contribution in [0.1, 0.15) is 0 Å². The molecule has 0 saturated heterocycles. The topological polar surface area (TPSA) is 61.4 Å². The lowest BCUT2D eigenvalue weighted by Crippen LogP contribution is -2.07. The van der Waals surface area contributed by atoms with Crippen LogP contribution in [0.3, 0.4) is 0 Å². The van der Waals surface area contributed by atoms with Gasteiger partial charge in [-0.1, -0.05) is 24.3 Å². The number of aromatic nitrogens is 2. The standard InChI is InChI=1S/C18H15N3O2S/c1-23-13-5-4-6-14(10-13)24-21(22)12-9-16-15-7-2-3-8-17(15)20-18(16)19-11-12/h2-11,22H,1H3,(H,19,20). The number of ether oxygens (including phenoxy) is 1. The van der Waals surface area contributed by atoms with Crippen LogP contribution in [0.4, 0.5) is 5.69 Å². The third-order valence-electron chi connectivity index (χ3n) is 3.80. The Morgan fingerprint density at radius 2 is 1.96 bits per heavy atom. The van der Waals surface area contributed by atoms with E-state index in [4.69, 9.17) is 4.74 Å². The van der Waals surface area contributed by atoms with Gasteiger partial charge in [0.05, 0.1) is 19.0 Å². The fraction of sp³-hybridized carbons (Fsp3) is 0.0556. The van der Waals surface area contributed by atoms with E-state index in [0.717, 1.165) is 37.0 Å². The maximum atomic E-state index is 10.4. The van der Waals surface area contributed by atoms with Gasteiger partial charge in [0.2, 0.25) is 0 Å². The summed E-state index contributed by atoms with van der Waals surface area (Å²) in [6.45, 7) is 0. The molecule has 0 spiro atoms. The minimum absolute atomic E-state index is 0.611.